The zero-order valence-electron chi connectivity index (χ0n) is 16.7. The molecule has 1 aliphatic heterocycles. The van der Waals surface area contributed by atoms with Gasteiger partial charge in [-0.2, -0.15) is 4.31 Å². The summed E-state index contributed by atoms with van der Waals surface area (Å²) in [6, 6.07) is 7.67. The number of aromatic nitrogens is 1. The number of rotatable bonds is 4. The van der Waals surface area contributed by atoms with Crippen LogP contribution in [0.1, 0.15) is 56.7 Å². The van der Waals surface area contributed by atoms with Crippen LogP contribution in [-0.2, 0) is 15.4 Å². The van der Waals surface area contributed by atoms with E-state index in [1.165, 1.54) is 28.6 Å². The van der Waals surface area contributed by atoms with Crippen molar-refractivity contribution in [3.05, 3.63) is 41.7 Å². The highest BCUT2D eigenvalue weighted by molar-refractivity contribution is 7.89. The van der Waals surface area contributed by atoms with Gasteiger partial charge in [0.05, 0.1) is 4.90 Å². The van der Waals surface area contributed by atoms with Crippen molar-refractivity contribution in [2.75, 3.05) is 18.4 Å². The minimum atomic E-state index is -3.53. The van der Waals surface area contributed by atoms with Crippen molar-refractivity contribution < 1.29 is 17.7 Å². The van der Waals surface area contributed by atoms with Crippen molar-refractivity contribution in [2.24, 2.45) is 5.92 Å². The van der Waals surface area contributed by atoms with Gasteiger partial charge in [0.2, 0.25) is 10.0 Å². The van der Waals surface area contributed by atoms with Crippen molar-refractivity contribution in [3.63, 3.8) is 0 Å². The Balaban J connectivity index is 1.70. The van der Waals surface area contributed by atoms with Gasteiger partial charge in [0.25, 0.3) is 5.91 Å². The number of amides is 1. The molecule has 1 N–H and O–H groups in total. The average molecular weight is 406 g/mol. The molecule has 2 aromatic rings. The molecule has 1 amide bonds. The van der Waals surface area contributed by atoms with Crippen LogP contribution in [0.4, 0.5) is 5.82 Å². The number of piperidine rings is 1. The molecule has 0 atom stereocenters. The third-order valence-corrected chi connectivity index (χ3v) is 6.90. The van der Waals surface area contributed by atoms with Crippen LogP contribution in [0, 0.1) is 5.92 Å². The Hall–Kier alpha value is -2.19. The zero-order chi connectivity index (χ0) is 20.5. The van der Waals surface area contributed by atoms with Crippen molar-refractivity contribution in [2.45, 2.75) is 50.8 Å². The van der Waals surface area contributed by atoms with Crippen molar-refractivity contribution in [1.82, 2.24) is 9.46 Å². The Kier molecular flexibility index (Phi) is 5.63. The van der Waals surface area contributed by atoms with E-state index in [2.05, 4.69) is 17.4 Å². The second kappa shape index (κ2) is 7.67. The van der Waals surface area contributed by atoms with Crippen molar-refractivity contribution >= 4 is 21.7 Å². The summed E-state index contributed by atoms with van der Waals surface area (Å²) >= 11 is 0. The summed E-state index contributed by atoms with van der Waals surface area (Å²) in [4.78, 5) is 12.6. The third kappa shape index (κ3) is 4.44. The number of carbonyl (C=O) groups is 1. The molecule has 0 unspecified atom stereocenters. The predicted octanol–water partition coefficient (Wildman–Crippen LogP) is 3.65. The van der Waals surface area contributed by atoms with Gasteiger partial charge in [-0.3, -0.25) is 4.79 Å². The first-order chi connectivity index (χ1) is 13.1. The summed E-state index contributed by atoms with van der Waals surface area (Å²) in [6.07, 6.45) is 1.74. The van der Waals surface area contributed by atoms with E-state index < -0.39 is 10.0 Å². The molecule has 28 heavy (non-hydrogen) atoms. The number of hydrogen-bond donors (Lipinski definition) is 1. The first-order valence-corrected chi connectivity index (χ1v) is 10.9. The number of carbonyl (C=O) groups excluding carboxylic acids is 1. The third-order valence-electron chi connectivity index (χ3n) is 4.99. The molecule has 1 fully saturated rings. The molecule has 1 aromatic heterocycles. The van der Waals surface area contributed by atoms with E-state index in [1.54, 1.807) is 6.07 Å². The molecule has 152 valence electrons. The first-order valence-electron chi connectivity index (χ1n) is 9.46. The lowest BCUT2D eigenvalue weighted by Gasteiger charge is -2.29. The van der Waals surface area contributed by atoms with Crippen LogP contribution < -0.4 is 5.32 Å². The molecule has 0 bridgehead atoms. The topological polar surface area (TPSA) is 92.5 Å². The number of hydrogen-bond acceptors (Lipinski definition) is 5. The van der Waals surface area contributed by atoms with E-state index in [0.717, 1.165) is 12.8 Å². The lowest BCUT2D eigenvalue weighted by molar-refractivity contribution is 0.102. The SMILES string of the molecule is CC1CCN(S(=O)(=O)c2ccc(C(=O)Nc3cc(C(C)(C)C)on3)cc2)CC1. The Morgan fingerprint density at radius 3 is 2.32 bits per heavy atom. The van der Waals surface area contributed by atoms with E-state index in [9.17, 15) is 13.2 Å². The maximum Gasteiger partial charge on any atom is 0.256 e. The molecule has 3 rings (SSSR count). The monoisotopic (exact) mass is 405 g/mol. The summed E-state index contributed by atoms with van der Waals surface area (Å²) in [5.41, 5.74) is 0.143. The second-order valence-corrected chi connectivity index (χ2v) is 10.3. The second-order valence-electron chi connectivity index (χ2n) is 8.39. The van der Waals surface area contributed by atoms with E-state index in [0.29, 0.717) is 36.1 Å². The Bertz CT molecular complexity index is 935. The zero-order valence-corrected chi connectivity index (χ0v) is 17.5. The van der Waals surface area contributed by atoms with Gasteiger partial charge < -0.3 is 9.84 Å². The standard InChI is InChI=1S/C20H27N3O4S/c1-14-9-11-23(12-10-14)28(25,26)16-7-5-15(6-8-16)19(24)21-18-13-17(27-22-18)20(2,3)4/h5-8,13-14H,9-12H2,1-4H3,(H,21,22,24). The highest BCUT2D eigenvalue weighted by Gasteiger charge is 2.28. The molecule has 2 heterocycles. The highest BCUT2D eigenvalue weighted by Crippen LogP contribution is 2.25. The maximum atomic E-state index is 12.8. The summed E-state index contributed by atoms with van der Waals surface area (Å²) in [7, 11) is -3.53. The Morgan fingerprint density at radius 1 is 1.18 bits per heavy atom. The highest BCUT2D eigenvalue weighted by atomic mass is 32.2. The van der Waals surface area contributed by atoms with Gasteiger partial charge in [-0.25, -0.2) is 8.42 Å². The fraction of sp³-hybridized carbons (Fsp3) is 0.500. The van der Waals surface area contributed by atoms with Crippen LogP contribution in [0.2, 0.25) is 0 Å². The van der Waals surface area contributed by atoms with Crippen LogP contribution in [-0.4, -0.2) is 36.9 Å². The quantitative estimate of drug-likeness (QED) is 0.838. The first kappa shape index (κ1) is 20.5. The van der Waals surface area contributed by atoms with E-state index in [4.69, 9.17) is 4.52 Å². The number of nitrogens with zero attached hydrogens (tertiary/aromatic N) is 2. The molecule has 1 saturated heterocycles. The predicted molar refractivity (Wildman–Crippen MR) is 107 cm³/mol. The van der Waals surface area contributed by atoms with Crippen LogP contribution in [0.25, 0.3) is 0 Å². The molecule has 0 radical (unpaired) electrons. The molecule has 0 spiro atoms. The molecule has 0 saturated carbocycles. The minimum absolute atomic E-state index is 0.204. The Labute approximate surface area is 166 Å². The molecular formula is C20H27N3O4S. The number of anilines is 1. The Morgan fingerprint density at radius 2 is 1.79 bits per heavy atom. The van der Waals surface area contributed by atoms with E-state index in [-0.39, 0.29) is 16.2 Å². The molecule has 7 nitrogen and oxygen atoms in total. The van der Waals surface area contributed by atoms with Gasteiger partial charge in [0.15, 0.2) is 5.82 Å². The average Bonchev–Trinajstić information content (AvgIpc) is 3.11. The number of sulfonamides is 1. The minimum Gasteiger partial charge on any atom is -0.359 e. The van der Waals surface area contributed by atoms with Crippen LogP contribution in [0.15, 0.2) is 39.8 Å². The van der Waals surface area contributed by atoms with Gasteiger partial charge >= 0.3 is 0 Å². The summed E-state index contributed by atoms with van der Waals surface area (Å²) in [5, 5.41) is 6.54. The molecular weight excluding hydrogens is 378 g/mol. The van der Waals surface area contributed by atoms with Gasteiger partial charge in [-0.1, -0.05) is 32.9 Å². The normalized spacial score (nSPS) is 16.9. The molecule has 8 heteroatoms. The van der Waals surface area contributed by atoms with Gasteiger partial charge in [0, 0.05) is 30.1 Å². The van der Waals surface area contributed by atoms with Gasteiger partial charge in [0.1, 0.15) is 5.76 Å². The maximum absolute atomic E-state index is 12.8. The van der Waals surface area contributed by atoms with Crippen molar-refractivity contribution in [3.8, 4) is 0 Å². The lowest BCUT2D eigenvalue weighted by atomic mass is 9.93. The largest absolute Gasteiger partial charge is 0.359 e. The fourth-order valence-corrected chi connectivity index (χ4v) is 4.50. The smallest absolute Gasteiger partial charge is 0.256 e. The molecule has 1 aromatic carbocycles. The molecule has 1 aliphatic rings. The van der Waals surface area contributed by atoms with E-state index >= 15 is 0 Å². The fourth-order valence-electron chi connectivity index (χ4n) is 3.03. The summed E-state index contributed by atoms with van der Waals surface area (Å²) in [5.74, 6) is 1.17. The lowest BCUT2D eigenvalue weighted by Crippen LogP contribution is -2.37. The number of benzene rings is 1. The van der Waals surface area contributed by atoms with Crippen molar-refractivity contribution in [1.29, 1.82) is 0 Å². The summed E-state index contributed by atoms with van der Waals surface area (Å²) in [6.45, 7) is 9.17. The van der Waals surface area contributed by atoms with E-state index in [1.807, 2.05) is 20.8 Å². The number of nitrogens with one attached hydrogen (secondary N) is 1. The van der Waals surface area contributed by atoms with Crippen LogP contribution in [0.3, 0.4) is 0 Å². The van der Waals surface area contributed by atoms with Crippen LogP contribution >= 0.6 is 0 Å². The summed E-state index contributed by atoms with van der Waals surface area (Å²) < 4.78 is 32.3. The van der Waals surface area contributed by atoms with Gasteiger partial charge in [-0.15, -0.1) is 0 Å². The van der Waals surface area contributed by atoms with Gasteiger partial charge in [-0.05, 0) is 43.0 Å². The molecule has 0 aliphatic carbocycles. The van der Waals surface area contributed by atoms with Crippen LogP contribution in [0.5, 0.6) is 0 Å².